The number of hydrogen-bond donors (Lipinski definition) is 1. The second-order valence-electron chi connectivity index (χ2n) is 3.55. The Hall–Kier alpha value is -1.02. The molecule has 0 spiro atoms. The number of halogens is 1. The van der Waals surface area contributed by atoms with Gasteiger partial charge in [0, 0.05) is 29.2 Å². The molecule has 1 aromatic rings. The summed E-state index contributed by atoms with van der Waals surface area (Å²) in [5.41, 5.74) is 2.67. The van der Waals surface area contributed by atoms with Crippen LogP contribution in [-0.2, 0) is 0 Å². The van der Waals surface area contributed by atoms with E-state index in [1.807, 2.05) is 13.0 Å². The zero-order chi connectivity index (χ0) is 10.1. The maximum atomic E-state index is 11.7. The Labute approximate surface area is 88.3 Å². The van der Waals surface area contributed by atoms with Crippen LogP contribution in [0.2, 0.25) is 5.02 Å². The molecule has 1 N–H and O–H groups in total. The summed E-state index contributed by atoms with van der Waals surface area (Å²) in [6, 6.07) is 3.60. The minimum Gasteiger partial charge on any atom is -0.384 e. The molecule has 0 aliphatic carbocycles. The molecule has 2 nitrogen and oxygen atoms in total. The van der Waals surface area contributed by atoms with E-state index in [-0.39, 0.29) is 5.78 Å². The predicted molar refractivity (Wildman–Crippen MR) is 58.2 cm³/mol. The maximum Gasteiger partial charge on any atom is 0.165 e. The highest BCUT2D eigenvalue weighted by Gasteiger charge is 2.17. The fourth-order valence-electron chi connectivity index (χ4n) is 1.74. The lowest BCUT2D eigenvalue weighted by atomic mass is 10.0. The van der Waals surface area contributed by atoms with Gasteiger partial charge in [0.15, 0.2) is 5.78 Å². The van der Waals surface area contributed by atoms with Gasteiger partial charge in [-0.2, -0.15) is 0 Å². The lowest BCUT2D eigenvalue weighted by Crippen LogP contribution is -2.03. The van der Waals surface area contributed by atoms with E-state index in [1.165, 1.54) is 0 Å². The number of nitrogens with one attached hydrogen (secondary N) is 1. The molecule has 1 aromatic carbocycles. The number of rotatable bonds is 0. The minimum absolute atomic E-state index is 0.213. The van der Waals surface area contributed by atoms with Crippen LogP contribution in [0.1, 0.15) is 28.8 Å². The van der Waals surface area contributed by atoms with Crippen LogP contribution >= 0.6 is 11.6 Å². The molecule has 3 heteroatoms. The number of carbonyl (C=O) groups is 1. The summed E-state index contributed by atoms with van der Waals surface area (Å²) in [7, 11) is 0. The number of carbonyl (C=O) groups excluding carboxylic acids is 1. The lowest BCUT2D eigenvalue weighted by molar-refractivity contribution is 0.0984. The number of anilines is 1. The van der Waals surface area contributed by atoms with Gasteiger partial charge in [-0.1, -0.05) is 11.6 Å². The number of ketones is 1. The Morgan fingerprint density at radius 1 is 1.43 bits per heavy atom. The molecule has 0 saturated heterocycles. The van der Waals surface area contributed by atoms with Crippen LogP contribution in [0.25, 0.3) is 0 Å². The van der Waals surface area contributed by atoms with Gasteiger partial charge in [0.05, 0.1) is 0 Å². The van der Waals surface area contributed by atoms with E-state index >= 15 is 0 Å². The predicted octanol–water partition coefficient (Wildman–Crippen LogP) is 3.04. The molecule has 0 unspecified atom stereocenters. The Morgan fingerprint density at radius 3 is 3.00 bits per heavy atom. The van der Waals surface area contributed by atoms with Crippen molar-refractivity contribution in [2.75, 3.05) is 11.9 Å². The Kier molecular flexibility index (Phi) is 2.46. The molecule has 74 valence electrons. The van der Waals surface area contributed by atoms with Crippen molar-refractivity contribution < 1.29 is 4.79 Å². The van der Waals surface area contributed by atoms with Crippen LogP contribution in [0.5, 0.6) is 0 Å². The first-order valence-electron chi connectivity index (χ1n) is 4.76. The molecule has 1 heterocycles. The summed E-state index contributed by atoms with van der Waals surface area (Å²) in [5.74, 6) is 0.213. The summed E-state index contributed by atoms with van der Waals surface area (Å²) in [6.45, 7) is 2.78. The van der Waals surface area contributed by atoms with Gasteiger partial charge in [-0.05, 0) is 31.0 Å². The third-order valence-electron chi connectivity index (χ3n) is 2.58. The second kappa shape index (κ2) is 3.62. The zero-order valence-electron chi connectivity index (χ0n) is 8.06. The monoisotopic (exact) mass is 209 g/mol. The third kappa shape index (κ3) is 1.50. The van der Waals surface area contributed by atoms with Crippen molar-refractivity contribution in [3.05, 3.63) is 28.3 Å². The number of benzene rings is 1. The molecule has 1 aliphatic rings. The van der Waals surface area contributed by atoms with E-state index in [0.717, 1.165) is 29.8 Å². The number of hydrogen-bond acceptors (Lipinski definition) is 2. The van der Waals surface area contributed by atoms with E-state index in [0.29, 0.717) is 11.4 Å². The smallest absolute Gasteiger partial charge is 0.165 e. The zero-order valence-corrected chi connectivity index (χ0v) is 8.82. The fraction of sp³-hybridized carbons (Fsp3) is 0.364. The first-order chi connectivity index (χ1) is 6.70. The van der Waals surface area contributed by atoms with Crippen molar-refractivity contribution in [1.29, 1.82) is 0 Å². The summed E-state index contributed by atoms with van der Waals surface area (Å²) in [5, 5.41) is 3.97. The highest BCUT2D eigenvalue weighted by atomic mass is 35.5. The van der Waals surface area contributed by atoms with Gasteiger partial charge in [-0.3, -0.25) is 4.79 Å². The van der Waals surface area contributed by atoms with Gasteiger partial charge in [0.1, 0.15) is 0 Å². The van der Waals surface area contributed by atoms with Crippen LogP contribution in [0, 0.1) is 6.92 Å². The molecule has 0 saturated carbocycles. The summed E-state index contributed by atoms with van der Waals surface area (Å²) in [6.07, 6.45) is 1.52. The van der Waals surface area contributed by atoms with Gasteiger partial charge in [-0.25, -0.2) is 0 Å². The lowest BCUT2D eigenvalue weighted by Gasteiger charge is -2.11. The van der Waals surface area contributed by atoms with Crippen molar-refractivity contribution in [2.24, 2.45) is 0 Å². The van der Waals surface area contributed by atoms with Gasteiger partial charge in [-0.15, -0.1) is 0 Å². The van der Waals surface area contributed by atoms with Gasteiger partial charge in [0.25, 0.3) is 0 Å². The normalized spacial score (nSPS) is 15.7. The Balaban J connectivity index is 2.58. The van der Waals surface area contributed by atoms with E-state index in [1.54, 1.807) is 6.07 Å². The molecule has 0 atom stereocenters. The van der Waals surface area contributed by atoms with Gasteiger partial charge in [0.2, 0.25) is 0 Å². The molecule has 0 amide bonds. The van der Waals surface area contributed by atoms with Crippen LogP contribution in [0.15, 0.2) is 12.1 Å². The number of Topliss-reactive ketones (excluding diaryl/α,β-unsaturated/α-hetero) is 1. The molecule has 2 rings (SSSR count). The first kappa shape index (κ1) is 9.53. The van der Waals surface area contributed by atoms with Crippen molar-refractivity contribution in [2.45, 2.75) is 19.8 Å². The van der Waals surface area contributed by atoms with Crippen LogP contribution in [0.4, 0.5) is 5.69 Å². The molecular weight excluding hydrogens is 198 g/mol. The van der Waals surface area contributed by atoms with Crippen molar-refractivity contribution in [3.63, 3.8) is 0 Å². The molecular formula is C11H12ClNO. The summed E-state index contributed by atoms with van der Waals surface area (Å²) >= 11 is 6.00. The molecule has 0 aromatic heterocycles. The molecule has 0 bridgehead atoms. The van der Waals surface area contributed by atoms with E-state index in [4.69, 9.17) is 11.6 Å². The topological polar surface area (TPSA) is 29.1 Å². The van der Waals surface area contributed by atoms with Crippen molar-refractivity contribution in [3.8, 4) is 0 Å². The standard InChI is InChI=1S/C11H12ClNO/c1-7-9(12)5-4-8-10(14)3-2-6-13-11(7)8/h4-5,13H,2-3,6H2,1H3. The molecule has 0 fully saturated rings. The first-order valence-corrected chi connectivity index (χ1v) is 5.14. The quantitative estimate of drug-likeness (QED) is 0.712. The SMILES string of the molecule is Cc1c(Cl)ccc2c1NCCCC2=O. The van der Waals surface area contributed by atoms with Crippen LogP contribution in [0.3, 0.4) is 0 Å². The van der Waals surface area contributed by atoms with E-state index < -0.39 is 0 Å². The minimum atomic E-state index is 0.213. The Morgan fingerprint density at radius 2 is 2.21 bits per heavy atom. The molecule has 1 aliphatic heterocycles. The average molecular weight is 210 g/mol. The van der Waals surface area contributed by atoms with E-state index in [9.17, 15) is 4.79 Å². The molecule has 0 radical (unpaired) electrons. The maximum absolute atomic E-state index is 11.7. The second-order valence-corrected chi connectivity index (χ2v) is 3.96. The number of fused-ring (bicyclic) bond motifs is 1. The third-order valence-corrected chi connectivity index (χ3v) is 2.99. The van der Waals surface area contributed by atoms with Gasteiger partial charge < -0.3 is 5.32 Å². The van der Waals surface area contributed by atoms with Crippen molar-refractivity contribution in [1.82, 2.24) is 0 Å². The largest absolute Gasteiger partial charge is 0.384 e. The molecule has 14 heavy (non-hydrogen) atoms. The summed E-state index contributed by atoms with van der Waals surface area (Å²) in [4.78, 5) is 11.7. The Bertz CT molecular complexity index is 387. The average Bonchev–Trinajstić information content (AvgIpc) is 2.35. The highest BCUT2D eigenvalue weighted by molar-refractivity contribution is 6.32. The van der Waals surface area contributed by atoms with E-state index in [2.05, 4.69) is 5.32 Å². The van der Waals surface area contributed by atoms with Crippen molar-refractivity contribution >= 4 is 23.1 Å². The van der Waals surface area contributed by atoms with Gasteiger partial charge >= 0.3 is 0 Å². The highest BCUT2D eigenvalue weighted by Crippen LogP contribution is 2.30. The van der Waals surface area contributed by atoms with Crippen LogP contribution in [-0.4, -0.2) is 12.3 Å². The fourth-order valence-corrected chi connectivity index (χ4v) is 1.90. The van der Waals surface area contributed by atoms with Crippen LogP contribution < -0.4 is 5.32 Å². The summed E-state index contributed by atoms with van der Waals surface area (Å²) < 4.78 is 0.